The third-order valence-corrected chi connectivity index (χ3v) is 5.24. The topological polar surface area (TPSA) is 75.7 Å². The number of nitrogens with zero attached hydrogens (tertiary/aromatic N) is 1. The van der Waals surface area contributed by atoms with E-state index < -0.39 is 10.0 Å². The minimum atomic E-state index is -3.57. The second-order valence-electron chi connectivity index (χ2n) is 6.25. The molecule has 146 valence electrons. The maximum atomic E-state index is 12.2. The maximum Gasteiger partial charge on any atom is 0.240 e. The molecule has 6 nitrogen and oxygen atoms in total. The Hall–Kier alpha value is -2.54. The molecule has 0 bridgehead atoms. The number of rotatable bonds is 9. The smallest absolute Gasteiger partial charge is 0.240 e. The van der Waals surface area contributed by atoms with Crippen LogP contribution >= 0.6 is 0 Å². The summed E-state index contributed by atoms with van der Waals surface area (Å²) in [4.78, 5) is 12.2. The number of nitrogens with one attached hydrogen (secondary N) is 1. The van der Waals surface area contributed by atoms with Crippen LogP contribution in [-0.2, 0) is 21.2 Å². The normalized spacial score (nSPS) is 11.1. The first-order valence-corrected chi connectivity index (χ1v) is 10.7. The Bertz CT molecular complexity index is 864. The van der Waals surface area contributed by atoms with Crippen molar-refractivity contribution in [1.29, 1.82) is 0 Å². The molecule has 0 spiro atoms. The van der Waals surface area contributed by atoms with Crippen molar-refractivity contribution in [1.82, 2.24) is 5.32 Å². The van der Waals surface area contributed by atoms with Crippen molar-refractivity contribution in [3.05, 3.63) is 59.7 Å². The zero-order valence-electron chi connectivity index (χ0n) is 15.9. The fraction of sp³-hybridized carbons (Fsp3) is 0.350. The van der Waals surface area contributed by atoms with E-state index in [4.69, 9.17) is 4.74 Å². The second-order valence-corrected chi connectivity index (χ2v) is 8.16. The van der Waals surface area contributed by atoms with Crippen molar-refractivity contribution >= 4 is 21.6 Å². The number of amides is 1. The Morgan fingerprint density at radius 1 is 1.11 bits per heavy atom. The highest BCUT2D eigenvalue weighted by molar-refractivity contribution is 7.92. The standard InChI is InChI=1S/C20H26N2O4S/c1-4-17-9-11-18(12-10-17)22(27(3,24)25)15-20(23)21-13-14-26-19-8-6-5-7-16(19)2/h5-12H,4,13-15H2,1-3H3,(H,21,23). The van der Waals surface area contributed by atoms with Crippen LogP contribution in [0.25, 0.3) is 0 Å². The first-order valence-electron chi connectivity index (χ1n) is 8.83. The first kappa shape index (κ1) is 20.8. The number of sulfonamides is 1. The average Bonchev–Trinajstić information content (AvgIpc) is 2.64. The molecule has 2 aromatic rings. The molecule has 0 radical (unpaired) electrons. The van der Waals surface area contributed by atoms with Crippen molar-refractivity contribution in [2.24, 2.45) is 0 Å². The van der Waals surface area contributed by atoms with Gasteiger partial charge in [0, 0.05) is 0 Å². The molecular weight excluding hydrogens is 364 g/mol. The van der Waals surface area contributed by atoms with Gasteiger partial charge >= 0.3 is 0 Å². The molecular formula is C20H26N2O4S. The number of benzene rings is 2. The van der Waals surface area contributed by atoms with E-state index in [2.05, 4.69) is 5.32 Å². The van der Waals surface area contributed by atoms with Crippen molar-refractivity contribution in [2.75, 3.05) is 30.3 Å². The van der Waals surface area contributed by atoms with Crippen molar-refractivity contribution in [2.45, 2.75) is 20.3 Å². The largest absolute Gasteiger partial charge is 0.491 e. The molecule has 0 heterocycles. The quantitative estimate of drug-likeness (QED) is 0.668. The molecule has 0 aliphatic rings. The predicted molar refractivity (Wildman–Crippen MR) is 108 cm³/mol. The van der Waals surface area contributed by atoms with Crippen LogP contribution in [0.2, 0.25) is 0 Å². The van der Waals surface area contributed by atoms with Crippen LogP contribution in [0.4, 0.5) is 5.69 Å². The Labute approximate surface area is 161 Å². The summed E-state index contributed by atoms with van der Waals surface area (Å²) < 4.78 is 30.9. The van der Waals surface area contributed by atoms with E-state index >= 15 is 0 Å². The van der Waals surface area contributed by atoms with Gasteiger partial charge < -0.3 is 10.1 Å². The molecule has 0 saturated carbocycles. The minimum Gasteiger partial charge on any atom is -0.491 e. The van der Waals surface area contributed by atoms with E-state index in [0.717, 1.165) is 33.9 Å². The van der Waals surface area contributed by atoms with Crippen LogP contribution in [0.5, 0.6) is 5.75 Å². The van der Waals surface area contributed by atoms with Gasteiger partial charge in [-0.3, -0.25) is 9.10 Å². The van der Waals surface area contributed by atoms with E-state index in [1.54, 1.807) is 12.1 Å². The van der Waals surface area contributed by atoms with Crippen molar-refractivity contribution < 1.29 is 17.9 Å². The highest BCUT2D eigenvalue weighted by Crippen LogP contribution is 2.18. The number of carbonyl (C=O) groups excluding carboxylic acids is 1. The fourth-order valence-corrected chi connectivity index (χ4v) is 3.41. The predicted octanol–water partition coefficient (Wildman–Crippen LogP) is 2.52. The molecule has 0 aromatic heterocycles. The van der Waals surface area contributed by atoms with Gasteiger partial charge in [-0.05, 0) is 42.7 Å². The molecule has 0 unspecified atom stereocenters. The monoisotopic (exact) mass is 390 g/mol. The summed E-state index contributed by atoms with van der Waals surface area (Å²) in [5.41, 5.74) is 2.59. The summed E-state index contributed by atoms with van der Waals surface area (Å²) in [5, 5.41) is 2.70. The molecule has 0 aliphatic heterocycles. The van der Waals surface area contributed by atoms with E-state index in [0.29, 0.717) is 18.8 Å². The molecule has 0 atom stereocenters. The third-order valence-electron chi connectivity index (χ3n) is 4.10. The van der Waals surface area contributed by atoms with E-state index in [9.17, 15) is 13.2 Å². The van der Waals surface area contributed by atoms with E-state index in [-0.39, 0.29) is 12.5 Å². The lowest BCUT2D eigenvalue weighted by molar-refractivity contribution is -0.119. The zero-order chi connectivity index (χ0) is 19.9. The number of hydrogen-bond donors (Lipinski definition) is 1. The van der Waals surface area contributed by atoms with Crippen LogP contribution in [0.3, 0.4) is 0 Å². The van der Waals surface area contributed by atoms with Gasteiger partial charge in [0.05, 0.1) is 18.5 Å². The summed E-state index contributed by atoms with van der Waals surface area (Å²) in [7, 11) is -3.57. The lowest BCUT2D eigenvalue weighted by Crippen LogP contribution is -2.41. The molecule has 2 aromatic carbocycles. The van der Waals surface area contributed by atoms with Gasteiger partial charge in [-0.2, -0.15) is 0 Å². The molecule has 27 heavy (non-hydrogen) atoms. The number of carbonyl (C=O) groups is 1. The molecule has 0 fully saturated rings. The minimum absolute atomic E-state index is 0.269. The zero-order valence-corrected chi connectivity index (χ0v) is 16.8. The lowest BCUT2D eigenvalue weighted by Gasteiger charge is -2.22. The van der Waals surface area contributed by atoms with Gasteiger partial charge in [0.2, 0.25) is 15.9 Å². The summed E-state index contributed by atoms with van der Waals surface area (Å²) in [5.74, 6) is 0.383. The molecule has 0 aliphatic carbocycles. The summed E-state index contributed by atoms with van der Waals surface area (Å²) in [6.07, 6.45) is 1.95. The fourth-order valence-electron chi connectivity index (χ4n) is 2.55. The Morgan fingerprint density at radius 3 is 2.37 bits per heavy atom. The number of aryl methyl sites for hydroxylation is 2. The number of hydrogen-bond acceptors (Lipinski definition) is 4. The van der Waals surface area contributed by atoms with Crippen molar-refractivity contribution in [3.8, 4) is 5.75 Å². The second kappa shape index (κ2) is 9.41. The summed E-state index contributed by atoms with van der Waals surface area (Å²) in [6, 6.07) is 14.8. The van der Waals surface area contributed by atoms with Gasteiger partial charge in [0.15, 0.2) is 0 Å². The van der Waals surface area contributed by atoms with E-state index in [1.165, 1.54) is 0 Å². The Kier molecular flexibility index (Phi) is 7.24. The lowest BCUT2D eigenvalue weighted by atomic mass is 10.1. The molecule has 0 saturated heterocycles. The van der Waals surface area contributed by atoms with Crippen LogP contribution in [-0.4, -0.2) is 40.3 Å². The van der Waals surface area contributed by atoms with Gasteiger partial charge in [0.1, 0.15) is 18.9 Å². The van der Waals surface area contributed by atoms with Gasteiger partial charge in [0.25, 0.3) is 0 Å². The third kappa shape index (κ3) is 6.29. The van der Waals surface area contributed by atoms with Crippen LogP contribution < -0.4 is 14.4 Å². The maximum absolute atomic E-state index is 12.2. The number of para-hydroxylation sites is 1. The summed E-state index contributed by atoms with van der Waals surface area (Å²) >= 11 is 0. The molecule has 7 heteroatoms. The highest BCUT2D eigenvalue weighted by Gasteiger charge is 2.20. The number of anilines is 1. The SMILES string of the molecule is CCc1ccc(N(CC(=O)NCCOc2ccccc2C)S(C)(=O)=O)cc1. The molecule has 1 N–H and O–H groups in total. The van der Waals surface area contributed by atoms with Crippen LogP contribution in [0.1, 0.15) is 18.1 Å². The van der Waals surface area contributed by atoms with Crippen molar-refractivity contribution in [3.63, 3.8) is 0 Å². The first-order chi connectivity index (χ1) is 12.8. The van der Waals surface area contributed by atoms with Gasteiger partial charge in [-0.1, -0.05) is 37.3 Å². The van der Waals surface area contributed by atoms with E-state index in [1.807, 2.05) is 50.2 Å². The van der Waals surface area contributed by atoms with Crippen LogP contribution in [0, 0.1) is 6.92 Å². The highest BCUT2D eigenvalue weighted by atomic mass is 32.2. The summed E-state index contributed by atoms with van der Waals surface area (Å²) in [6.45, 7) is 4.30. The van der Waals surface area contributed by atoms with Crippen LogP contribution in [0.15, 0.2) is 48.5 Å². The Balaban J connectivity index is 1.91. The average molecular weight is 391 g/mol. The molecule has 2 rings (SSSR count). The van der Waals surface area contributed by atoms with Gasteiger partial charge in [-0.25, -0.2) is 8.42 Å². The Morgan fingerprint density at radius 2 is 1.78 bits per heavy atom. The van der Waals surface area contributed by atoms with Gasteiger partial charge in [-0.15, -0.1) is 0 Å². The number of ether oxygens (including phenoxy) is 1. The molecule has 1 amide bonds.